The van der Waals surface area contributed by atoms with Crippen LogP contribution in [0.25, 0.3) is 0 Å². The van der Waals surface area contributed by atoms with E-state index in [0.717, 1.165) is 0 Å². The Morgan fingerprint density at radius 2 is 2.00 bits per heavy atom. The van der Waals surface area contributed by atoms with Crippen LogP contribution in [-0.4, -0.2) is 23.9 Å². The normalized spacial score (nSPS) is 16.9. The fourth-order valence-corrected chi connectivity index (χ4v) is 3.85. The van der Waals surface area contributed by atoms with Gasteiger partial charge in [-0.25, -0.2) is 0 Å². The first-order valence-corrected chi connectivity index (χ1v) is 9.02. The zero-order valence-electron chi connectivity index (χ0n) is 14.3. The number of aliphatic hydroxyl groups excluding tert-OH is 1. The number of carbonyl (C=O) groups is 2. The van der Waals surface area contributed by atoms with Crippen molar-refractivity contribution in [3.05, 3.63) is 82.1 Å². The third-order valence-corrected chi connectivity index (χ3v) is 5.22. The van der Waals surface area contributed by atoms with E-state index in [0.29, 0.717) is 22.1 Å². The number of ether oxygens (including phenoxy) is 1. The number of anilines is 1. The molecule has 6 nitrogen and oxygen atoms in total. The van der Waals surface area contributed by atoms with Gasteiger partial charge in [-0.3, -0.25) is 14.5 Å². The van der Waals surface area contributed by atoms with Crippen LogP contribution >= 0.6 is 11.3 Å². The van der Waals surface area contributed by atoms with Gasteiger partial charge in [0.2, 0.25) is 5.78 Å². The van der Waals surface area contributed by atoms with Crippen molar-refractivity contribution in [1.82, 2.24) is 0 Å². The largest absolute Gasteiger partial charge is 0.503 e. The van der Waals surface area contributed by atoms with Crippen molar-refractivity contribution in [2.45, 2.75) is 6.04 Å². The van der Waals surface area contributed by atoms with Gasteiger partial charge < -0.3 is 14.3 Å². The number of thiophene rings is 1. The van der Waals surface area contributed by atoms with Crippen LogP contribution in [0.1, 0.15) is 21.5 Å². The fourth-order valence-electron chi connectivity index (χ4n) is 3.17. The van der Waals surface area contributed by atoms with Crippen LogP contribution in [0.15, 0.2) is 75.9 Å². The molecule has 4 rings (SSSR count). The molecule has 2 aromatic heterocycles. The van der Waals surface area contributed by atoms with E-state index in [4.69, 9.17) is 9.15 Å². The summed E-state index contributed by atoms with van der Waals surface area (Å²) in [5.74, 6) is -0.852. The van der Waals surface area contributed by atoms with Gasteiger partial charge in [0.05, 0.1) is 29.5 Å². The van der Waals surface area contributed by atoms with E-state index in [1.165, 1.54) is 29.6 Å². The number of benzene rings is 1. The van der Waals surface area contributed by atoms with Gasteiger partial charge in [0.1, 0.15) is 17.6 Å². The van der Waals surface area contributed by atoms with Crippen molar-refractivity contribution >= 4 is 28.7 Å². The van der Waals surface area contributed by atoms with E-state index in [9.17, 15) is 14.7 Å². The number of hydrogen-bond donors (Lipinski definition) is 1. The van der Waals surface area contributed by atoms with Crippen molar-refractivity contribution < 1.29 is 23.8 Å². The number of aliphatic hydroxyl groups is 1. The van der Waals surface area contributed by atoms with E-state index in [2.05, 4.69) is 0 Å². The molecule has 3 aromatic rings. The van der Waals surface area contributed by atoms with Gasteiger partial charge >= 0.3 is 0 Å². The monoisotopic (exact) mass is 381 g/mol. The van der Waals surface area contributed by atoms with Gasteiger partial charge in [-0.15, -0.1) is 11.3 Å². The zero-order valence-corrected chi connectivity index (χ0v) is 15.1. The Labute approximate surface area is 158 Å². The summed E-state index contributed by atoms with van der Waals surface area (Å²) < 4.78 is 10.9. The maximum atomic E-state index is 13.0. The molecule has 0 radical (unpaired) electrons. The number of para-hydroxylation sites is 2. The molecule has 1 atom stereocenters. The number of furan rings is 1. The average Bonchev–Trinajstić information content (AvgIpc) is 3.43. The SMILES string of the molecule is COc1ccccc1N1C(=O)C(O)=C(C(=O)c2cccs2)C1c1ccco1. The highest BCUT2D eigenvalue weighted by atomic mass is 32.1. The number of nitrogens with zero attached hydrogens (tertiary/aromatic N) is 1. The topological polar surface area (TPSA) is 80.0 Å². The number of amides is 1. The number of ketones is 1. The molecule has 1 aliphatic rings. The highest BCUT2D eigenvalue weighted by molar-refractivity contribution is 7.12. The second-order valence-corrected chi connectivity index (χ2v) is 6.78. The van der Waals surface area contributed by atoms with Gasteiger partial charge in [-0.1, -0.05) is 18.2 Å². The minimum absolute atomic E-state index is 0.0108. The lowest BCUT2D eigenvalue weighted by atomic mass is 10.00. The van der Waals surface area contributed by atoms with E-state index in [1.807, 2.05) is 0 Å². The van der Waals surface area contributed by atoms with Gasteiger partial charge in [0.15, 0.2) is 5.76 Å². The smallest absolute Gasteiger partial charge is 0.294 e. The Hall–Kier alpha value is -3.32. The summed E-state index contributed by atoms with van der Waals surface area (Å²) in [7, 11) is 1.49. The van der Waals surface area contributed by atoms with Crippen LogP contribution in [0.3, 0.4) is 0 Å². The van der Waals surface area contributed by atoms with Crippen LogP contribution in [0, 0.1) is 0 Å². The van der Waals surface area contributed by atoms with Gasteiger partial charge in [-0.05, 0) is 35.7 Å². The van der Waals surface area contributed by atoms with Crippen molar-refractivity contribution in [2.24, 2.45) is 0 Å². The van der Waals surface area contributed by atoms with Crippen LogP contribution in [0.2, 0.25) is 0 Å². The summed E-state index contributed by atoms with van der Waals surface area (Å²) in [5.41, 5.74) is 0.426. The summed E-state index contributed by atoms with van der Waals surface area (Å²) in [4.78, 5) is 27.7. The second-order valence-electron chi connectivity index (χ2n) is 5.83. The molecule has 1 aromatic carbocycles. The fraction of sp³-hybridized carbons (Fsp3) is 0.100. The predicted octanol–water partition coefficient (Wildman–Crippen LogP) is 4.13. The molecule has 0 aliphatic carbocycles. The first kappa shape index (κ1) is 17.1. The maximum Gasteiger partial charge on any atom is 0.294 e. The molecule has 0 saturated heterocycles. The molecule has 0 bridgehead atoms. The Bertz CT molecular complexity index is 1020. The molecule has 0 spiro atoms. The summed E-state index contributed by atoms with van der Waals surface area (Å²) in [5, 5.41) is 12.3. The third-order valence-electron chi connectivity index (χ3n) is 4.36. The lowest BCUT2D eigenvalue weighted by Crippen LogP contribution is -2.31. The highest BCUT2D eigenvalue weighted by Gasteiger charge is 2.47. The Morgan fingerprint density at radius 1 is 1.19 bits per heavy atom. The molecule has 1 amide bonds. The number of methoxy groups -OCH3 is 1. The molecule has 136 valence electrons. The second kappa shape index (κ2) is 6.77. The zero-order chi connectivity index (χ0) is 19.0. The van der Waals surface area contributed by atoms with Crippen molar-refractivity contribution in [1.29, 1.82) is 0 Å². The molecule has 7 heteroatoms. The first-order chi connectivity index (χ1) is 13.1. The molecular weight excluding hydrogens is 366 g/mol. The number of Topliss-reactive ketones (excluding diaryl/α,β-unsaturated/α-hetero) is 1. The number of rotatable bonds is 5. The molecule has 1 unspecified atom stereocenters. The van der Waals surface area contributed by atoms with Gasteiger partial charge in [-0.2, -0.15) is 0 Å². The molecular formula is C20H15NO5S. The van der Waals surface area contributed by atoms with Crippen molar-refractivity contribution in [2.75, 3.05) is 12.0 Å². The van der Waals surface area contributed by atoms with Gasteiger partial charge in [0.25, 0.3) is 5.91 Å². The van der Waals surface area contributed by atoms with Crippen LogP contribution in [-0.2, 0) is 4.79 Å². The Balaban J connectivity index is 1.89. The van der Waals surface area contributed by atoms with E-state index >= 15 is 0 Å². The lowest BCUT2D eigenvalue weighted by molar-refractivity contribution is -0.117. The molecule has 1 aliphatic heterocycles. The van der Waals surface area contributed by atoms with Gasteiger partial charge in [0, 0.05) is 0 Å². The number of hydrogen-bond acceptors (Lipinski definition) is 6. The molecule has 3 heterocycles. The Morgan fingerprint density at radius 3 is 2.67 bits per heavy atom. The summed E-state index contributed by atoms with van der Waals surface area (Å²) in [6.45, 7) is 0. The standard InChI is InChI=1S/C20H15NO5S/c1-25-13-7-3-2-6-12(13)21-17(14-8-4-10-26-14)16(19(23)20(21)24)18(22)15-9-5-11-27-15/h2-11,17,23H,1H3. The average molecular weight is 381 g/mol. The summed E-state index contributed by atoms with van der Waals surface area (Å²) in [6.07, 6.45) is 1.46. The van der Waals surface area contributed by atoms with E-state index < -0.39 is 23.5 Å². The predicted molar refractivity (Wildman–Crippen MR) is 100 cm³/mol. The molecule has 0 fully saturated rings. The lowest BCUT2D eigenvalue weighted by Gasteiger charge is -2.26. The molecule has 0 saturated carbocycles. The Kier molecular flexibility index (Phi) is 4.29. The van der Waals surface area contributed by atoms with E-state index in [-0.39, 0.29) is 5.57 Å². The first-order valence-electron chi connectivity index (χ1n) is 8.14. The van der Waals surface area contributed by atoms with Crippen LogP contribution < -0.4 is 9.64 Å². The molecule has 1 N–H and O–H groups in total. The summed E-state index contributed by atoms with van der Waals surface area (Å²) in [6, 6.07) is 12.8. The molecule has 27 heavy (non-hydrogen) atoms. The maximum absolute atomic E-state index is 13.0. The van der Waals surface area contributed by atoms with E-state index in [1.54, 1.807) is 53.9 Å². The third kappa shape index (κ3) is 2.72. The minimum atomic E-state index is -0.890. The van der Waals surface area contributed by atoms with Crippen LogP contribution in [0.4, 0.5) is 5.69 Å². The van der Waals surface area contributed by atoms with Crippen molar-refractivity contribution in [3.63, 3.8) is 0 Å². The highest BCUT2D eigenvalue weighted by Crippen LogP contribution is 2.45. The summed E-state index contributed by atoms with van der Waals surface area (Å²) >= 11 is 1.25. The number of carbonyl (C=O) groups excluding carboxylic acids is 2. The quantitative estimate of drug-likeness (QED) is 0.672. The van der Waals surface area contributed by atoms with Crippen molar-refractivity contribution in [3.8, 4) is 5.75 Å². The minimum Gasteiger partial charge on any atom is -0.503 e. The van der Waals surface area contributed by atoms with Crippen LogP contribution in [0.5, 0.6) is 5.75 Å².